The van der Waals surface area contributed by atoms with Crippen molar-refractivity contribution in [1.29, 1.82) is 0 Å². The highest BCUT2D eigenvalue weighted by Gasteiger charge is 2.33. The first-order chi connectivity index (χ1) is 20.2. The van der Waals surface area contributed by atoms with Crippen molar-refractivity contribution in [3.05, 3.63) is 97.0 Å². The van der Waals surface area contributed by atoms with E-state index in [0.29, 0.717) is 78.1 Å². The molecule has 42 heavy (non-hydrogen) atoms. The summed E-state index contributed by atoms with van der Waals surface area (Å²) in [6.45, 7) is 3.78. The van der Waals surface area contributed by atoms with Crippen LogP contribution in [0, 0.1) is 18.8 Å². The summed E-state index contributed by atoms with van der Waals surface area (Å²) in [6, 6.07) is 12.2. The normalized spacial score (nSPS) is 12.8. The summed E-state index contributed by atoms with van der Waals surface area (Å²) in [6.07, 6.45) is 2.59. The first-order valence-electron chi connectivity index (χ1n) is 13.3. The first kappa shape index (κ1) is 28.2. The molecule has 0 aliphatic heterocycles. The van der Waals surface area contributed by atoms with Crippen LogP contribution in [0.5, 0.6) is 5.75 Å². The molecule has 2 heterocycles. The number of benzene rings is 3. The van der Waals surface area contributed by atoms with E-state index in [1.54, 1.807) is 49.4 Å². The summed E-state index contributed by atoms with van der Waals surface area (Å²) in [4.78, 5) is 16.3. The summed E-state index contributed by atoms with van der Waals surface area (Å²) in [5.41, 5.74) is 4.31. The van der Waals surface area contributed by atoms with Crippen LogP contribution in [0.3, 0.4) is 0 Å². The van der Waals surface area contributed by atoms with Gasteiger partial charge in [-0.3, -0.25) is 0 Å². The Morgan fingerprint density at radius 1 is 1.07 bits per heavy atom. The maximum Gasteiger partial charge on any atom is 0.338 e. The molecular weight excluding hydrogens is 599 g/mol. The molecule has 5 aromatic rings. The highest BCUT2D eigenvalue weighted by molar-refractivity contribution is 6.39. The molecule has 6 rings (SSSR count). The third-order valence-electron chi connectivity index (χ3n) is 7.13. The quantitative estimate of drug-likeness (QED) is 0.181. The van der Waals surface area contributed by atoms with E-state index in [9.17, 15) is 9.90 Å². The van der Waals surface area contributed by atoms with Gasteiger partial charge in [0.25, 0.3) is 0 Å². The minimum Gasteiger partial charge on any atom is -0.489 e. The number of fused-ring (bicyclic) bond motifs is 1. The van der Waals surface area contributed by atoms with Gasteiger partial charge in [-0.05, 0) is 55.7 Å². The van der Waals surface area contributed by atoms with Crippen LogP contribution in [0.1, 0.15) is 69.9 Å². The molecule has 1 saturated carbocycles. The molecule has 0 unspecified atom stereocenters. The zero-order chi connectivity index (χ0) is 29.5. The number of rotatable bonds is 7. The molecule has 0 atom stereocenters. The monoisotopic (exact) mass is 620 g/mol. The highest BCUT2D eigenvalue weighted by atomic mass is 35.5. The summed E-state index contributed by atoms with van der Waals surface area (Å²) in [5.74, 6) is 7.08. The highest BCUT2D eigenvalue weighted by Crippen LogP contribution is 2.46. The molecule has 1 aliphatic carbocycles. The second-order valence-electron chi connectivity index (χ2n) is 9.96. The van der Waals surface area contributed by atoms with Crippen LogP contribution in [0.15, 0.2) is 51.4 Å². The Kier molecular flexibility index (Phi) is 7.63. The summed E-state index contributed by atoms with van der Waals surface area (Å²) >= 11 is 19.5. The van der Waals surface area contributed by atoms with Crippen LogP contribution in [0.25, 0.3) is 22.4 Å². The number of aromatic nitrogens is 2. The van der Waals surface area contributed by atoms with E-state index >= 15 is 0 Å². The van der Waals surface area contributed by atoms with E-state index in [4.69, 9.17) is 48.5 Å². The lowest BCUT2D eigenvalue weighted by molar-refractivity contribution is 0.0698. The number of ether oxygens (including phenoxy) is 1. The van der Waals surface area contributed by atoms with Crippen LogP contribution in [-0.2, 0) is 13.0 Å². The van der Waals surface area contributed by atoms with E-state index in [2.05, 4.69) is 22.0 Å². The molecular formula is C32H23Cl3N2O5. The van der Waals surface area contributed by atoms with Crippen molar-refractivity contribution in [2.45, 2.75) is 45.6 Å². The fourth-order valence-electron chi connectivity index (χ4n) is 4.77. The van der Waals surface area contributed by atoms with Crippen molar-refractivity contribution in [3.63, 3.8) is 0 Å². The van der Waals surface area contributed by atoms with Crippen LogP contribution in [-0.4, -0.2) is 21.2 Å². The number of carbonyl (C=O) groups is 1. The van der Waals surface area contributed by atoms with E-state index < -0.39 is 5.97 Å². The van der Waals surface area contributed by atoms with Crippen molar-refractivity contribution in [2.24, 2.45) is 0 Å². The molecule has 1 fully saturated rings. The molecule has 1 aliphatic rings. The second-order valence-corrected chi connectivity index (χ2v) is 11.2. The molecule has 0 amide bonds. The number of nitrogens with zero attached hydrogens (tertiary/aromatic N) is 2. The van der Waals surface area contributed by atoms with E-state index in [0.717, 1.165) is 24.2 Å². The Labute approximate surface area is 256 Å². The fourth-order valence-corrected chi connectivity index (χ4v) is 5.57. The van der Waals surface area contributed by atoms with Gasteiger partial charge in [0, 0.05) is 35.1 Å². The number of hydrogen-bond acceptors (Lipinski definition) is 6. The third kappa shape index (κ3) is 5.34. The molecule has 3 aromatic carbocycles. The largest absolute Gasteiger partial charge is 0.489 e. The lowest BCUT2D eigenvalue weighted by Crippen LogP contribution is -2.03. The average Bonchev–Trinajstić information content (AvgIpc) is 3.59. The zero-order valence-corrected chi connectivity index (χ0v) is 24.8. The first-order valence-corrected chi connectivity index (χ1v) is 14.4. The van der Waals surface area contributed by atoms with Gasteiger partial charge in [-0.25, -0.2) is 9.78 Å². The van der Waals surface area contributed by atoms with Gasteiger partial charge in [0.2, 0.25) is 0 Å². The van der Waals surface area contributed by atoms with Gasteiger partial charge in [-0.1, -0.05) is 64.8 Å². The van der Waals surface area contributed by atoms with Crippen LogP contribution < -0.4 is 4.74 Å². The zero-order valence-electron chi connectivity index (χ0n) is 22.6. The molecule has 2 aromatic heterocycles. The molecule has 7 nitrogen and oxygen atoms in total. The smallest absolute Gasteiger partial charge is 0.338 e. The minimum absolute atomic E-state index is 0.0758. The molecule has 0 saturated heterocycles. The van der Waals surface area contributed by atoms with Crippen LogP contribution in [0.2, 0.25) is 15.1 Å². The van der Waals surface area contributed by atoms with E-state index in [1.807, 2.05) is 6.92 Å². The number of aromatic carboxylic acids is 1. The summed E-state index contributed by atoms with van der Waals surface area (Å²) in [5, 5.41) is 15.5. The van der Waals surface area contributed by atoms with E-state index in [-0.39, 0.29) is 12.2 Å². The number of aryl methyl sites for hydroxylation is 1. The number of carboxylic acid groups (broad SMARTS) is 1. The number of halogens is 3. The fraction of sp³-hybridized carbons (Fsp3) is 0.219. The SMILES string of the molecule is CCc1nc2c(C(=O)O)c(C)c(C#Cc3ccc(OCc4c(-c5c(Cl)cccc5Cl)noc4C4CC4)cc3Cl)cc2o1. The lowest BCUT2D eigenvalue weighted by Gasteiger charge is -2.10. The Balaban J connectivity index is 1.27. The predicted octanol–water partition coefficient (Wildman–Crippen LogP) is 8.87. The maximum absolute atomic E-state index is 12.0. The van der Waals surface area contributed by atoms with Crippen LogP contribution >= 0.6 is 34.8 Å². The van der Waals surface area contributed by atoms with Gasteiger partial charge in [0.1, 0.15) is 29.3 Å². The molecule has 1 N–H and O–H groups in total. The molecule has 0 bridgehead atoms. The van der Waals surface area contributed by atoms with Gasteiger partial charge in [-0.2, -0.15) is 0 Å². The van der Waals surface area contributed by atoms with Crippen LogP contribution in [0.4, 0.5) is 0 Å². The summed E-state index contributed by atoms with van der Waals surface area (Å²) in [7, 11) is 0. The van der Waals surface area contributed by atoms with Gasteiger partial charge in [-0.15, -0.1) is 0 Å². The lowest BCUT2D eigenvalue weighted by atomic mass is 10.0. The topological polar surface area (TPSA) is 98.6 Å². The Hall–Kier alpha value is -3.96. The molecule has 0 spiro atoms. The number of hydrogen-bond donors (Lipinski definition) is 1. The Morgan fingerprint density at radius 2 is 1.81 bits per heavy atom. The van der Waals surface area contributed by atoms with Gasteiger partial charge < -0.3 is 18.8 Å². The third-order valence-corrected chi connectivity index (χ3v) is 8.07. The number of oxazole rings is 1. The van der Waals surface area contributed by atoms with Crippen molar-refractivity contribution in [3.8, 4) is 28.8 Å². The standard InChI is InChI=1S/C32H23Cl3N2O5/c1-3-26-36-30-25(41-26)13-19(16(2)27(30)32(38)39)10-7-17-11-12-20(14-24(17)35)40-15-21-29(37-42-31(21)18-8-9-18)28-22(33)5-4-6-23(28)34/h4-6,11-14,18H,3,8-9,15H2,1-2H3,(H,38,39). The Bertz CT molecular complexity index is 1910. The predicted molar refractivity (Wildman–Crippen MR) is 161 cm³/mol. The second kappa shape index (κ2) is 11.4. The average molecular weight is 622 g/mol. The summed E-state index contributed by atoms with van der Waals surface area (Å²) < 4.78 is 17.6. The number of carboxylic acids is 1. The van der Waals surface area contributed by atoms with Gasteiger partial charge in [0.15, 0.2) is 11.5 Å². The molecule has 10 heteroatoms. The molecule has 212 valence electrons. The minimum atomic E-state index is -1.09. The van der Waals surface area contributed by atoms with Crippen molar-refractivity contribution < 1.29 is 23.6 Å². The van der Waals surface area contributed by atoms with Crippen molar-refractivity contribution in [2.75, 3.05) is 0 Å². The van der Waals surface area contributed by atoms with Gasteiger partial charge >= 0.3 is 5.97 Å². The van der Waals surface area contributed by atoms with Gasteiger partial charge in [0.05, 0.1) is 26.2 Å². The maximum atomic E-state index is 12.0. The van der Waals surface area contributed by atoms with Crippen molar-refractivity contribution >= 4 is 51.9 Å². The molecule has 0 radical (unpaired) electrons. The Morgan fingerprint density at radius 3 is 2.48 bits per heavy atom. The van der Waals surface area contributed by atoms with E-state index in [1.165, 1.54) is 0 Å². The van der Waals surface area contributed by atoms with Crippen molar-refractivity contribution in [1.82, 2.24) is 10.1 Å².